The van der Waals surface area contributed by atoms with E-state index in [1.165, 1.54) is 25.7 Å². The molecule has 0 aromatic heterocycles. The summed E-state index contributed by atoms with van der Waals surface area (Å²) in [5.74, 6) is 0.786. The monoisotopic (exact) mass is 280 g/mol. The minimum atomic E-state index is 0.0431. The fraction of sp³-hybridized carbons (Fsp3) is 0.941. The van der Waals surface area contributed by atoms with Gasteiger partial charge >= 0.3 is 0 Å². The molecule has 0 radical (unpaired) electrons. The lowest BCUT2D eigenvalue weighted by Crippen LogP contribution is -2.43. The SMILES string of the molecule is CCCC1NC(C(C)CC)C(=O)N1CC1(C)CCCC1. The van der Waals surface area contributed by atoms with Gasteiger partial charge in [0.05, 0.1) is 12.2 Å². The molecule has 1 saturated carbocycles. The number of nitrogens with one attached hydrogen (secondary N) is 1. The van der Waals surface area contributed by atoms with E-state index < -0.39 is 0 Å². The molecule has 2 fully saturated rings. The lowest BCUT2D eigenvalue weighted by molar-refractivity contribution is -0.132. The van der Waals surface area contributed by atoms with Crippen molar-refractivity contribution in [3.63, 3.8) is 0 Å². The minimum absolute atomic E-state index is 0.0431. The molecule has 0 aromatic rings. The normalized spacial score (nSPS) is 31.0. The van der Waals surface area contributed by atoms with Gasteiger partial charge in [-0.25, -0.2) is 0 Å². The summed E-state index contributed by atoms with van der Waals surface area (Å²) in [4.78, 5) is 15.0. The first-order chi connectivity index (χ1) is 9.50. The van der Waals surface area contributed by atoms with E-state index in [-0.39, 0.29) is 12.2 Å². The Kier molecular flexibility index (Phi) is 5.11. The molecule has 0 aromatic carbocycles. The van der Waals surface area contributed by atoms with Gasteiger partial charge in [0.15, 0.2) is 0 Å². The molecule has 0 bridgehead atoms. The van der Waals surface area contributed by atoms with Crippen LogP contribution in [0.1, 0.15) is 72.6 Å². The summed E-state index contributed by atoms with van der Waals surface area (Å²) in [7, 11) is 0. The van der Waals surface area contributed by atoms with Crippen LogP contribution in [-0.4, -0.2) is 29.6 Å². The molecule has 3 nitrogen and oxygen atoms in total. The topological polar surface area (TPSA) is 32.3 Å². The second kappa shape index (κ2) is 6.46. The molecular formula is C17H32N2O. The van der Waals surface area contributed by atoms with E-state index >= 15 is 0 Å². The Bertz CT molecular complexity index is 336. The van der Waals surface area contributed by atoms with Crippen LogP contribution in [0.2, 0.25) is 0 Å². The second-order valence-electron chi connectivity index (χ2n) is 7.32. The van der Waals surface area contributed by atoms with Gasteiger partial charge in [-0.2, -0.15) is 0 Å². The highest BCUT2D eigenvalue weighted by molar-refractivity contribution is 5.84. The van der Waals surface area contributed by atoms with Crippen LogP contribution >= 0.6 is 0 Å². The van der Waals surface area contributed by atoms with E-state index in [0.717, 1.165) is 25.8 Å². The summed E-state index contributed by atoms with van der Waals surface area (Å²) in [6.07, 6.45) is 8.77. The highest BCUT2D eigenvalue weighted by atomic mass is 16.2. The first-order valence-electron chi connectivity index (χ1n) is 8.57. The van der Waals surface area contributed by atoms with Gasteiger partial charge in [-0.05, 0) is 30.6 Å². The molecule has 20 heavy (non-hydrogen) atoms. The van der Waals surface area contributed by atoms with E-state index in [0.29, 0.717) is 17.2 Å². The van der Waals surface area contributed by atoms with E-state index in [2.05, 4.69) is 37.9 Å². The summed E-state index contributed by atoms with van der Waals surface area (Å²) >= 11 is 0. The third-order valence-electron chi connectivity index (χ3n) is 5.44. The summed E-state index contributed by atoms with van der Waals surface area (Å²) < 4.78 is 0. The zero-order valence-electron chi connectivity index (χ0n) is 13.7. The number of hydrogen-bond acceptors (Lipinski definition) is 2. The maximum absolute atomic E-state index is 12.8. The van der Waals surface area contributed by atoms with Gasteiger partial charge in [0.2, 0.25) is 5.91 Å². The van der Waals surface area contributed by atoms with Crippen LogP contribution in [0.15, 0.2) is 0 Å². The summed E-state index contributed by atoms with van der Waals surface area (Å²) in [5.41, 5.74) is 0.355. The number of rotatable bonds is 6. The summed E-state index contributed by atoms with van der Waals surface area (Å²) in [6, 6.07) is 0.0431. The van der Waals surface area contributed by atoms with Gasteiger partial charge < -0.3 is 4.90 Å². The lowest BCUT2D eigenvalue weighted by atomic mass is 9.88. The Morgan fingerprint density at radius 3 is 2.55 bits per heavy atom. The van der Waals surface area contributed by atoms with Crippen LogP contribution in [0.4, 0.5) is 0 Å². The first kappa shape index (κ1) is 15.8. The molecule has 1 aliphatic carbocycles. The molecule has 1 amide bonds. The van der Waals surface area contributed by atoms with Gasteiger partial charge in [0.25, 0.3) is 0 Å². The van der Waals surface area contributed by atoms with Gasteiger partial charge in [0.1, 0.15) is 0 Å². The van der Waals surface area contributed by atoms with E-state index in [9.17, 15) is 4.79 Å². The number of hydrogen-bond donors (Lipinski definition) is 1. The Balaban J connectivity index is 2.08. The molecular weight excluding hydrogens is 248 g/mol. The van der Waals surface area contributed by atoms with Crippen LogP contribution in [0.25, 0.3) is 0 Å². The highest BCUT2D eigenvalue weighted by Crippen LogP contribution is 2.39. The van der Waals surface area contributed by atoms with Crippen LogP contribution in [0.3, 0.4) is 0 Å². The van der Waals surface area contributed by atoms with Crippen LogP contribution in [0.5, 0.6) is 0 Å². The Labute approximate surface area is 124 Å². The predicted molar refractivity (Wildman–Crippen MR) is 83.4 cm³/mol. The third-order valence-corrected chi connectivity index (χ3v) is 5.44. The Hall–Kier alpha value is -0.570. The van der Waals surface area contributed by atoms with Crippen LogP contribution in [-0.2, 0) is 4.79 Å². The molecule has 2 rings (SSSR count). The molecule has 1 heterocycles. The van der Waals surface area contributed by atoms with Crippen molar-refractivity contribution in [1.82, 2.24) is 10.2 Å². The first-order valence-corrected chi connectivity index (χ1v) is 8.57. The van der Waals surface area contributed by atoms with E-state index in [4.69, 9.17) is 0 Å². The number of carbonyl (C=O) groups excluding carboxylic acids is 1. The second-order valence-corrected chi connectivity index (χ2v) is 7.32. The molecule has 1 aliphatic heterocycles. The molecule has 116 valence electrons. The minimum Gasteiger partial charge on any atom is -0.325 e. The van der Waals surface area contributed by atoms with Crippen LogP contribution < -0.4 is 5.32 Å². The maximum atomic E-state index is 12.8. The van der Waals surface area contributed by atoms with Gasteiger partial charge in [-0.1, -0.05) is 53.4 Å². The van der Waals surface area contributed by atoms with Crippen LogP contribution in [0, 0.1) is 11.3 Å². The maximum Gasteiger partial charge on any atom is 0.241 e. The molecule has 1 saturated heterocycles. The highest BCUT2D eigenvalue weighted by Gasteiger charge is 2.43. The lowest BCUT2D eigenvalue weighted by Gasteiger charge is -2.33. The zero-order chi connectivity index (χ0) is 14.8. The quantitative estimate of drug-likeness (QED) is 0.807. The third kappa shape index (κ3) is 3.19. The van der Waals surface area contributed by atoms with Crippen molar-refractivity contribution in [2.45, 2.75) is 84.8 Å². The molecule has 3 unspecified atom stereocenters. The Morgan fingerprint density at radius 1 is 1.35 bits per heavy atom. The molecule has 0 spiro atoms. The zero-order valence-corrected chi connectivity index (χ0v) is 13.7. The van der Waals surface area contributed by atoms with Crippen molar-refractivity contribution in [2.24, 2.45) is 11.3 Å². The number of carbonyl (C=O) groups is 1. The van der Waals surface area contributed by atoms with Gasteiger partial charge in [-0.3, -0.25) is 10.1 Å². The molecule has 3 heteroatoms. The van der Waals surface area contributed by atoms with Crippen molar-refractivity contribution in [1.29, 1.82) is 0 Å². The average Bonchev–Trinajstić information content (AvgIpc) is 2.97. The number of amides is 1. The van der Waals surface area contributed by atoms with E-state index in [1.54, 1.807) is 0 Å². The van der Waals surface area contributed by atoms with E-state index in [1.807, 2.05) is 0 Å². The summed E-state index contributed by atoms with van der Waals surface area (Å²) in [5, 5.41) is 3.61. The van der Waals surface area contributed by atoms with Crippen molar-refractivity contribution < 1.29 is 4.79 Å². The largest absolute Gasteiger partial charge is 0.325 e. The summed E-state index contributed by atoms with van der Waals surface area (Å²) in [6.45, 7) is 9.90. The van der Waals surface area contributed by atoms with Crippen molar-refractivity contribution in [3.8, 4) is 0 Å². The fourth-order valence-electron chi connectivity index (χ4n) is 3.84. The average molecular weight is 280 g/mol. The van der Waals surface area contributed by atoms with Gasteiger partial charge in [-0.15, -0.1) is 0 Å². The fourth-order valence-corrected chi connectivity index (χ4v) is 3.84. The smallest absolute Gasteiger partial charge is 0.241 e. The standard InChI is InChI=1S/C17H32N2O/c1-5-9-14-18-15(13(3)6-2)16(20)19(14)12-17(4)10-7-8-11-17/h13-15,18H,5-12H2,1-4H3. The predicted octanol–water partition coefficient (Wildman–Crippen LogP) is 3.54. The van der Waals surface area contributed by atoms with Gasteiger partial charge in [0, 0.05) is 6.54 Å². The molecule has 2 aliphatic rings. The Morgan fingerprint density at radius 2 is 2.00 bits per heavy atom. The molecule has 1 N–H and O–H groups in total. The van der Waals surface area contributed by atoms with Crippen molar-refractivity contribution in [2.75, 3.05) is 6.54 Å². The van der Waals surface area contributed by atoms with Crippen molar-refractivity contribution in [3.05, 3.63) is 0 Å². The number of nitrogens with zero attached hydrogens (tertiary/aromatic N) is 1. The van der Waals surface area contributed by atoms with Crippen molar-refractivity contribution >= 4 is 5.91 Å². The molecule has 3 atom stereocenters.